The van der Waals surface area contributed by atoms with Gasteiger partial charge in [0, 0.05) is 38.1 Å². The Kier molecular flexibility index (Phi) is 9.77. The maximum Gasteiger partial charge on any atom is 0.254 e. The van der Waals surface area contributed by atoms with Gasteiger partial charge < -0.3 is 19.5 Å². The van der Waals surface area contributed by atoms with Gasteiger partial charge in [-0.1, -0.05) is 44.9 Å². The molecule has 0 spiro atoms. The molecular formula is C28H38N4O4S. The number of aromatic nitrogens is 1. The molecule has 8 nitrogen and oxygen atoms in total. The molecule has 0 bridgehead atoms. The Balaban J connectivity index is 2.18. The number of primary sulfonamides is 1. The van der Waals surface area contributed by atoms with Crippen LogP contribution in [0.4, 0.5) is 5.69 Å². The summed E-state index contributed by atoms with van der Waals surface area (Å²) in [5, 5.41) is 5.71. The molecule has 1 unspecified atom stereocenters. The van der Waals surface area contributed by atoms with Gasteiger partial charge in [-0.25, -0.2) is 13.6 Å². The Morgan fingerprint density at radius 2 is 1.70 bits per heavy atom. The Hall–Kier alpha value is -3.30. The fourth-order valence-corrected chi connectivity index (χ4v) is 4.81. The van der Waals surface area contributed by atoms with E-state index in [1.165, 1.54) is 6.07 Å². The van der Waals surface area contributed by atoms with Crippen molar-refractivity contribution in [2.45, 2.75) is 57.4 Å². The number of hydrogen-bond acceptors (Lipinski definition) is 5. The zero-order valence-corrected chi connectivity index (χ0v) is 22.9. The number of hydrogen-bond donors (Lipinski definition) is 2. The molecule has 200 valence electrons. The summed E-state index contributed by atoms with van der Waals surface area (Å²) in [7, 11) is -2.52. The number of para-hydroxylation sites is 1. The number of H-pyrrole nitrogens is 1. The van der Waals surface area contributed by atoms with Gasteiger partial charge in [0.05, 0.1) is 11.7 Å². The van der Waals surface area contributed by atoms with E-state index in [1.54, 1.807) is 36.3 Å². The number of aromatic amines is 1. The minimum absolute atomic E-state index is 0.138. The number of nitrogens with two attached hydrogens (primary N) is 1. The third kappa shape index (κ3) is 7.14. The van der Waals surface area contributed by atoms with Gasteiger partial charge in [-0.05, 0) is 55.7 Å². The molecule has 0 aliphatic carbocycles. The van der Waals surface area contributed by atoms with E-state index in [2.05, 4.69) is 23.7 Å². The highest BCUT2D eigenvalue weighted by Gasteiger charge is 2.28. The van der Waals surface area contributed by atoms with Crippen LogP contribution in [0.5, 0.6) is 11.5 Å². The Labute approximate surface area is 220 Å². The van der Waals surface area contributed by atoms with Crippen molar-refractivity contribution >= 4 is 21.6 Å². The normalized spacial score (nSPS) is 12.2. The van der Waals surface area contributed by atoms with Crippen LogP contribution in [0, 0.1) is 0 Å². The summed E-state index contributed by atoms with van der Waals surface area (Å²) in [4.78, 5) is 20.1. The van der Waals surface area contributed by atoms with Gasteiger partial charge >= 0.3 is 0 Å². The number of nitrogens with one attached hydrogen (secondary N) is 1. The minimum atomic E-state index is -4.22. The smallest absolute Gasteiger partial charge is 0.254 e. The average molecular weight is 527 g/mol. The first-order valence-corrected chi connectivity index (χ1v) is 14.3. The quantitative estimate of drug-likeness (QED) is 0.297. The van der Waals surface area contributed by atoms with Gasteiger partial charge in [-0.2, -0.15) is 0 Å². The summed E-state index contributed by atoms with van der Waals surface area (Å²) < 4.78 is 31.9. The third-order valence-corrected chi connectivity index (χ3v) is 7.38. The first-order valence-electron chi connectivity index (χ1n) is 12.8. The average Bonchev–Trinajstić information content (AvgIpc) is 3.43. The van der Waals surface area contributed by atoms with E-state index in [9.17, 15) is 13.2 Å². The van der Waals surface area contributed by atoms with Crippen LogP contribution in [0.2, 0.25) is 0 Å². The number of rotatable bonds is 13. The molecule has 2 aromatic carbocycles. The summed E-state index contributed by atoms with van der Waals surface area (Å²) in [6.07, 6.45) is 7.38. The van der Waals surface area contributed by atoms with E-state index in [0.29, 0.717) is 24.5 Å². The molecule has 1 aromatic heterocycles. The van der Waals surface area contributed by atoms with Gasteiger partial charge in [0.2, 0.25) is 10.0 Å². The molecule has 37 heavy (non-hydrogen) atoms. The first-order chi connectivity index (χ1) is 17.7. The molecule has 0 radical (unpaired) electrons. The molecule has 1 amide bonds. The Bertz CT molecular complexity index is 1250. The highest BCUT2D eigenvalue weighted by Crippen LogP contribution is 2.40. The molecule has 0 saturated heterocycles. The van der Waals surface area contributed by atoms with Crippen LogP contribution in [-0.2, 0) is 10.0 Å². The number of carbonyl (C=O) groups is 1. The number of nitrogens with zero attached hydrogens (tertiary/aromatic N) is 2. The van der Waals surface area contributed by atoms with Gasteiger partial charge in [-0.3, -0.25) is 4.79 Å². The lowest BCUT2D eigenvalue weighted by atomic mass is 10.1. The summed E-state index contributed by atoms with van der Waals surface area (Å²) in [6.45, 7) is 7.51. The van der Waals surface area contributed by atoms with Crippen molar-refractivity contribution in [2.24, 2.45) is 5.14 Å². The van der Waals surface area contributed by atoms with Crippen molar-refractivity contribution in [2.75, 3.05) is 25.0 Å². The number of sulfonamides is 1. The molecule has 1 atom stereocenters. The maximum atomic E-state index is 13.7. The van der Waals surface area contributed by atoms with Crippen LogP contribution in [0.25, 0.3) is 0 Å². The lowest BCUT2D eigenvalue weighted by Gasteiger charge is -2.30. The van der Waals surface area contributed by atoms with Crippen LogP contribution in [-0.4, -0.2) is 44.3 Å². The highest BCUT2D eigenvalue weighted by atomic mass is 32.2. The van der Waals surface area contributed by atoms with E-state index in [-0.39, 0.29) is 28.2 Å². The second-order valence-electron chi connectivity index (χ2n) is 9.21. The van der Waals surface area contributed by atoms with E-state index >= 15 is 0 Å². The van der Waals surface area contributed by atoms with Gasteiger partial charge in [0.15, 0.2) is 5.75 Å². The molecule has 0 aliphatic heterocycles. The first kappa shape index (κ1) is 28.3. The standard InChI is InChI=1S/C28H38N4O4S/c1-5-7-16-32(17-8-6-2)25-18-23(28(33)31(4)21(3)22-14-15-30-20-22)19-26(37(29,34)35)27(25)36-24-12-10-9-11-13-24/h9-15,18-21,30H,5-8,16-17H2,1-4H3,(H2,29,34,35). The van der Waals surface area contributed by atoms with Gasteiger partial charge in [0.1, 0.15) is 10.6 Å². The zero-order chi connectivity index (χ0) is 27.0. The fraction of sp³-hybridized carbons (Fsp3) is 0.393. The van der Waals surface area contributed by atoms with Crippen molar-refractivity contribution in [3.8, 4) is 11.5 Å². The minimum Gasteiger partial charge on any atom is -0.454 e. The molecule has 0 aliphatic rings. The molecule has 3 rings (SSSR count). The number of amides is 1. The fourth-order valence-electron chi connectivity index (χ4n) is 4.12. The molecule has 3 N–H and O–H groups in total. The Morgan fingerprint density at radius 3 is 2.24 bits per heavy atom. The van der Waals surface area contributed by atoms with Crippen LogP contribution in [0.3, 0.4) is 0 Å². The predicted molar refractivity (Wildman–Crippen MR) is 148 cm³/mol. The number of anilines is 1. The van der Waals surface area contributed by atoms with Crippen LogP contribution in [0.15, 0.2) is 65.8 Å². The summed E-state index contributed by atoms with van der Waals surface area (Å²) in [6, 6.07) is 13.7. The Morgan fingerprint density at radius 1 is 1.05 bits per heavy atom. The number of unbranched alkanes of at least 4 members (excludes halogenated alkanes) is 2. The lowest BCUT2D eigenvalue weighted by Crippen LogP contribution is -2.31. The molecule has 0 saturated carbocycles. The summed E-state index contributed by atoms with van der Waals surface area (Å²) in [5.41, 5.74) is 1.73. The van der Waals surface area contributed by atoms with E-state index in [1.807, 2.05) is 37.4 Å². The lowest BCUT2D eigenvalue weighted by molar-refractivity contribution is 0.0742. The summed E-state index contributed by atoms with van der Waals surface area (Å²) in [5.74, 6) is 0.313. The van der Waals surface area contributed by atoms with Crippen LogP contribution < -0.4 is 14.8 Å². The van der Waals surface area contributed by atoms with Crippen molar-refractivity contribution < 1.29 is 17.9 Å². The van der Waals surface area contributed by atoms with Gasteiger partial charge in [0.25, 0.3) is 5.91 Å². The number of carbonyl (C=O) groups excluding carboxylic acids is 1. The molecular weight excluding hydrogens is 488 g/mol. The maximum absolute atomic E-state index is 13.7. The molecule has 1 heterocycles. The number of ether oxygens (including phenoxy) is 1. The monoisotopic (exact) mass is 526 g/mol. The highest BCUT2D eigenvalue weighted by molar-refractivity contribution is 7.89. The van der Waals surface area contributed by atoms with Crippen molar-refractivity contribution in [3.05, 3.63) is 72.1 Å². The predicted octanol–water partition coefficient (Wildman–Crippen LogP) is 5.69. The second-order valence-corrected chi connectivity index (χ2v) is 10.7. The molecule has 0 fully saturated rings. The van der Waals surface area contributed by atoms with Crippen LogP contribution >= 0.6 is 0 Å². The topological polar surface area (TPSA) is 109 Å². The van der Waals surface area contributed by atoms with Gasteiger partial charge in [-0.15, -0.1) is 0 Å². The van der Waals surface area contributed by atoms with E-state index in [4.69, 9.17) is 9.88 Å². The second kappa shape index (κ2) is 12.8. The number of benzene rings is 2. The van der Waals surface area contributed by atoms with Crippen LogP contribution in [0.1, 0.15) is 68.4 Å². The van der Waals surface area contributed by atoms with Crippen molar-refractivity contribution in [3.63, 3.8) is 0 Å². The molecule has 3 aromatic rings. The van der Waals surface area contributed by atoms with E-state index < -0.39 is 10.0 Å². The van der Waals surface area contributed by atoms with E-state index in [0.717, 1.165) is 31.2 Å². The van der Waals surface area contributed by atoms with Crippen molar-refractivity contribution in [1.82, 2.24) is 9.88 Å². The van der Waals surface area contributed by atoms with Crippen molar-refractivity contribution in [1.29, 1.82) is 0 Å². The third-order valence-electron chi connectivity index (χ3n) is 6.46. The largest absolute Gasteiger partial charge is 0.454 e. The molecule has 9 heteroatoms. The zero-order valence-electron chi connectivity index (χ0n) is 22.1. The summed E-state index contributed by atoms with van der Waals surface area (Å²) >= 11 is 0. The SMILES string of the molecule is CCCCN(CCCC)c1cc(C(=O)N(C)C(C)c2cc[nH]c2)cc(S(N)(=O)=O)c1Oc1ccccc1.